The molecule has 1 aliphatic rings. The molecule has 0 aromatic heterocycles. The molecule has 2 aromatic rings. The van der Waals surface area contributed by atoms with Crippen LogP contribution in [0, 0.1) is 6.92 Å². The molecule has 0 bridgehead atoms. The van der Waals surface area contributed by atoms with Gasteiger partial charge in [-0.1, -0.05) is 18.2 Å². The molecule has 3 rings (SSSR count). The van der Waals surface area contributed by atoms with E-state index in [0.29, 0.717) is 5.56 Å². The second-order valence-electron chi connectivity index (χ2n) is 6.54. The summed E-state index contributed by atoms with van der Waals surface area (Å²) in [6.45, 7) is 4.92. The first kappa shape index (κ1) is 19.3. The molecule has 0 spiro atoms. The minimum Gasteiger partial charge on any atom is -0.505 e. The van der Waals surface area contributed by atoms with E-state index in [-0.39, 0.29) is 23.2 Å². The van der Waals surface area contributed by atoms with Crippen molar-refractivity contribution >= 4 is 5.69 Å². The summed E-state index contributed by atoms with van der Waals surface area (Å²) >= 11 is 0. The van der Waals surface area contributed by atoms with Crippen LogP contribution in [-0.4, -0.2) is 42.5 Å². The number of phenolic OH excluding ortho intramolecular Hbond substituents is 1. The van der Waals surface area contributed by atoms with Gasteiger partial charge < -0.3 is 20.9 Å². The fourth-order valence-electron chi connectivity index (χ4n) is 3.42. The highest BCUT2D eigenvalue weighted by Gasteiger charge is 2.32. The summed E-state index contributed by atoms with van der Waals surface area (Å²) in [7, 11) is 0. The molecule has 4 N–H and O–H groups in total. The van der Waals surface area contributed by atoms with Gasteiger partial charge in [-0.15, -0.1) is 13.2 Å². The van der Waals surface area contributed by atoms with E-state index in [2.05, 4.69) is 15.0 Å². The van der Waals surface area contributed by atoms with Crippen molar-refractivity contribution in [1.29, 1.82) is 0 Å². The van der Waals surface area contributed by atoms with Crippen molar-refractivity contribution in [1.82, 2.24) is 10.2 Å². The average Bonchev–Trinajstić information content (AvgIpc) is 2.62. The van der Waals surface area contributed by atoms with Gasteiger partial charge in [0.1, 0.15) is 11.5 Å². The number of hydrogen-bond acceptors (Lipinski definition) is 5. The first-order chi connectivity index (χ1) is 12.8. The number of nitrogens with one attached hydrogen (secondary N) is 1. The first-order valence-corrected chi connectivity index (χ1v) is 8.64. The molecule has 0 unspecified atom stereocenters. The Bertz CT molecular complexity index is 788. The Kier molecular flexibility index (Phi) is 5.48. The molecule has 1 heterocycles. The molecule has 1 aliphatic heterocycles. The lowest BCUT2D eigenvalue weighted by Gasteiger charge is -2.36. The topological polar surface area (TPSA) is 70.8 Å². The number of benzene rings is 2. The fraction of sp³-hybridized carbons (Fsp3) is 0.368. The third-order valence-electron chi connectivity index (χ3n) is 4.69. The van der Waals surface area contributed by atoms with Gasteiger partial charge in [-0.2, -0.15) is 0 Å². The van der Waals surface area contributed by atoms with Gasteiger partial charge in [0.15, 0.2) is 0 Å². The Hall–Kier alpha value is -2.45. The standard InChI is InChI=1S/C19H22F3N3O2/c1-12-2-7-15(23)18(26)16(12)17(25-10-8-24-9-11-25)13-3-5-14(6-4-13)27-19(20,21)22/h2-7,17,24,26H,8-11,23H2,1H3/t17-/m1/s1. The normalized spacial score (nSPS) is 16.9. The van der Waals surface area contributed by atoms with Crippen LogP contribution in [0.2, 0.25) is 0 Å². The van der Waals surface area contributed by atoms with Crippen LogP contribution in [0.5, 0.6) is 11.5 Å². The van der Waals surface area contributed by atoms with Crippen molar-refractivity contribution < 1.29 is 23.0 Å². The van der Waals surface area contributed by atoms with E-state index in [0.717, 1.165) is 37.3 Å². The number of anilines is 1. The van der Waals surface area contributed by atoms with Crippen LogP contribution in [0.3, 0.4) is 0 Å². The molecular formula is C19H22F3N3O2. The molecule has 0 amide bonds. The van der Waals surface area contributed by atoms with Gasteiger partial charge in [-0.3, -0.25) is 4.90 Å². The van der Waals surface area contributed by atoms with E-state index >= 15 is 0 Å². The third kappa shape index (κ3) is 4.45. The van der Waals surface area contributed by atoms with E-state index in [4.69, 9.17) is 5.73 Å². The number of rotatable bonds is 4. The lowest BCUT2D eigenvalue weighted by atomic mass is 9.91. The molecule has 8 heteroatoms. The zero-order chi connectivity index (χ0) is 19.6. The van der Waals surface area contributed by atoms with Crippen molar-refractivity contribution in [2.45, 2.75) is 19.3 Å². The van der Waals surface area contributed by atoms with Crippen LogP contribution < -0.4 is 15.8 Å². The Balaban J connectivity index is 2.02. The maximum absolute atomic E-state index is 12.4. The number of aromatic hydroxyl groups is 1. The van der Waals surface area contributed by atoms with Crippen LogP contribution in [-0.2, 0) is 0 Å². The van der Waals surface area contributed by atoms with Gasteiger partial charge in [-0.25, -0.2) is 0 Å². The van der Waals surface area contributed by atoms with Gasteiger partial charge in [0.05, 0.1) is 11.7 Å². The van der Waals surface area contributed by atoms with E-state index in [1.54, 1.807) is 18.2 Å². The number of nitrogen functional groups attached to an aromatic ring is 1. The highest BCUT2D eigenvalue weighted by Crippen LogP contribution is 2.40. The smallest absolute Gasteiger partial charge is 0.505 e. The summed E-state index contributed by atoms with van der Waals surface area (Å²) < 4.78 is 41.2. The first-order valence-electron chi connectivity index (χ1n) is 8.64. The summed E-state index contributed by atoms with van der Waals surface area (Å²) in [5.41, 5.74) is 8.46. The lowest BCUT2D eigenvalue weighted by molar-refractivity contribution is -0.274. The van der Waals surface area contributed by atoms with E-state index in [1.165, 1.54) is 12.1 Å². The maximum Gasteiger partial charge on any atom is 0.573 e. The number of piperazine rings is 1. The molecule has 0 saturated carbocycles. The zero-order valence-electron chi connectivity index (χ0n) is 14.9. The summed E-state index contributed by atoms with van der Waals surface area (Å²) in [5, 5.41) is 13.9. The molecule has 1 atom stereocenters. The summed E-state index contributed by atoms with van der Waals surface area (Å²) in [6.07, 6.45) is -4.73. The number of nitrogens with two attached hydrogens (primary N) is 1. The van der Waals surface area contributed by atoms with Gasteiger partial charge >= 0.3 is 6.36 Å². The van der Waals surface area contributed by atoms with Crippen LogP contribution in [0.4, 0.5) is 18.9 Å². The molecule has 2 aromatic carbocycles. The number of nitrogens with zero attached hydrogens (tertiary/aromatic N) is 1. The Morgan fingerprint density at radius 2 is 1.74 bits per heavy atom. The predicted octanol–water partition coefficient (Wildman–Crippen LogP) is 3.18. The fourth-order valence-corrected chi connectivity index (χ4v) is 3.42. The Labute approximate surface area is 155 Å². The third-order valence-corrected chi connectivity index (χ3v) is 4.69. The number of ether oxygens (including phenoxy) is 1. The zero-order valence-corrected chi connectivity index (χ0v) is 14.9. The van der Waals surface area contributed by atoms with Gasteiger partial charge in [-0.05, 0) is 36.2 Å². The van der Waals surface area contributed by atoms with E-state index < -0.39 is 6.36 Å². The lowest BCUT2D eigenvalue weighted by Crippen LogP contribution is -2.45. The quantitative estimate of drug-likeness (QED) is 0.561. The van der Waals surface area contributed by atoms with Crippen LogP contribution in [0.15, 0.2) is 36.4 Å². The number of halogens is 3. The van der Waals surface area contributed by atoms with Crippen molar-refractivity contribution in [3.8, 4) is 11.5 Å². The van der Waals surface area contributed by atoms with Crippen molar-refractivity contribution in [2.24, 2.45) is 0 Å². The monoisotopic (exact) mass is 381 g/mol. The van der Waals surface area contributed by atoms with Crippen molar-refractivity contribution in [3.63, 3.8) is 0 Å². The van der Waals surface area contributed by atoms with Crippen LogP contribution in [0.1, 0.15) is 22.7 Å². The van der Waals surface area contributed by atoms with Gasteiger partial charge in [0, 0.05) is 31.7 Å². The second kappa shape index (κ2) is 7.66. The minimum atomic E-state index is -4.73. The van der Waals surface area contributed by atoms with Crippen LogP contribution >= 0.6 is 0 Å². The van der Waals surface area contributed by atoms with E-state index in [1.807, 2.05) is 13.0 Å². The SMILES string of the molecule is Cc1ccc(N)c(O)c1[C@@H](c1ccc(OC(F)(F)F)cc1)N1CCNCC1. The summed E-state index contributed by atoms with van der Waals surface area (Å²) in [6, 6.07) is 8.92. The van der Waals surface area contributed by atoms with Crippen molar-refractivity contribution in [3.05, 3.63) is 53.1 Å². The van der Waals surface area contributed by atoms with Crippen LogP contribution in [0.25, 0.3) is 0 Å². The number of hydrogen-bond donors (Lipinski definition) is 3. The number of alkyl halides is 3. The Morgan fingerprint density at radius 3 is 2.33 bits per heavy atom. The molecule has 0 aliphatic carbocycles. The molecule has 1 fully saturated rings. The summed E-state index contributed by atoms with van der Waals surface area (Å²) in [5.74, 6) is -0.270. The summed E-state index contributed by atoms with van der Waals surface area (Å²) in [4.78, 5) is 2.18. The molecular weight excluding hydrogens is 359 g/mol. The van der Waals surface area contributed by atoms with Gasteiger partial charge in [0.2, 0.25) is 0 Å². The second-order valence-corrected chi connectivity index (χ2v) is 6.54. The molecule has 27 heavy (non-hydrogen) atoms. The van der Waals surface area contributed by atoms with Gasteiger partial charge in [0.25, 0.3) is 0 Å². The maximum atomic E-state index is 12.4. The highest BCUT2D eigenvalue weighted by molar-refractivity contribution is 5.61. The molecule has 1 saturated heterocycles. The predicted molar refractivity (Wildman–Crippen MR) is 96.7 cm³/mol. The van der Waals surface area contributed by atoms with Crippen molar-refractivity contribution in [2.75, 3.05) is 31.9 Å². The minimum absolute atomic E-state index is 0.00847. The molecule has 146 valence electrons. The number of aryl methyl sites for hydroxylation is 1. The Morgan fingerprint density at radius 1 is 1.11 bits per heavy atom. The molecule has 0 radical (unpaired) electrons. The number of phenols is 1. The molecule has 5 nitrogen and oxygen atoms in total. The van der Waals surface area contributed by atoms with E-state index in [9.17, 15) is 18.3 Å². The average molecular weight is 381 g/mol. The largest absolute Gasteiger partial charge is 0.573 e. The highest BCUT2D eigenvalue weighted by atomic mass is 19.4.